The van der Waals surface area contributed by atoms with Gasteiger partial charge in [0.25, 0.3) is 0 Å². The summed E-state index contributed by atoms with van der Waals surface area (Å²) in [4.78, 5) is 36.2. The third kappa shape index (κ3) is 3.56. The van der Waals surface area contributed by atoms with Crippen molar-refractivity contribution < 1.29 is 14.4 Å². The second kappa shape index (κ2) is 6.87. The molecule has 6 heteroatoms. The molecule has 2 aliphatic rings. The van der Waals surface area contributed by atoms with Crippen LogP contribution in [0.3, 0.4) is 0 Å². The van der Waals surface area contributed by atoms with Crippen LogP contribution in [-0.4, -0.2) is 17.7 Å². The number of rotatable bonds is 4. The zero-order valence-corrected chi connectivity index (χ0v) is 15.0. The average Bonchev–Trinajstić information content (AvgIpc) is 3.01. The third-order valence-electron chi connectivity index (χ3n) is 5.18. The molecule has 27 heavy (non-hydrogen) atoms. The van der Waals surface area contributed by atoms with Gasteiger partial charge in [-0.15, -0.1) is 0 Å². The minimum absolute atomic E-state index is 0.0116. The molecule has 2 aromatic rings. The first-order valence-electron chi connectivity index (χ1n) is 9.10. The highest BCUT2D eigenvalue weighted by atomic mass is 16.2. The van der Waals surface area contributed by atoms with E-state index in [9.17, 15) is 14.4 Å². The first-order valence-corrected chi connectivity index (χ1v) is 9.10. The maximum atomic E-state index is 12.5. The molecule has 6 nitrogen and oxygen atoms in total. The molecule has 0 saturated carbocycles. The van der Waals surface area contributed by atoms with Crippen molar-refractivity contribution in [2.75, 3.05) is 10.6 Å². The largest absolute Gasteiger partial charge is 0.350 e. The SMILES string of the molecule is CC(NC(=O)CC1Cc2ccccc2NC1=O)c1ccc2c(c1)CC(=O)N2. The Balaban J connectivity index is 1.39. The number of fused-ring (bicyclic) bond motifs is 2. The number of carbonyl (C=O) groups excluding carboxylic acids is 3. The smallest absolute Gasteiger partial charge is 0.228 e. The van der Waals surface area contributed by atoms with Gasteiger partial charge in [0.05, 0.1) is 18.4 Å². The fourth-order valence-corrected chi connectivity index (χ4v) is 3.70. The van der Waals surface area contributed by atoms with Crippen LogP contribution in [0, 0.1) is 5.92 Å². The molecule has 2 atom stereocenters. The van der Waals surface area contributed by atoms with E-state index in [2.05, 4.69) is 16.0 Å². The highest BCUT2D eigenvalue weighted by Gasteiger charge is 2.28. The lowest BCUT2D eigenvalue weighted by molar-refractivity contribution is -0.128. The number of para-hydroxylation sites is 1. The zero-order chi connectivity index (χ0) is 19.0. The third-order valence-corrected chi connectivity index (χ3v) is 5.18. The van der Waals surface area contributed by atoms with Gasteiger partial charge < -0.3 is 16.0 Å². The number of hydrogen-bond acceptors (Lipinski definition) is 3. The van der Waals surface area contributed by atoms with E-state index in [1.807, 2.05) is 49.4 Å². The fraction of sp³-hybridized carbons (Fsp3) is 0.286. The predicted octanol–water partition coefficient (Wildman–Crippen LogP) is 2.56. The minimum Gasteiger partial charge on any atom is -0.350 e. The van der Waals surface area contributed by atoms with Crippen molar-refractivity contribution in [1.82, 2.24) is 5.32 Å². The number of benzene rings is 2. The van der Waals surface area contributed by atoms with Gasteiger partial charge in [-0.1, -0.05) is 30.3 Å². The van der Waals surface area contributed by atoms with Crippen LogP contribution in [0.2, 0.25) is 0 Å². The van der Waals surface area contributed by atoms with Crippen molar-refractivity contribution >= 4 is 29.1 Å². The molecule has 0 fully saturated rings. The Morgan fingerprint density at radius 3 is 2.74 bits per heavy atom. The molecular weight excluding hydrogens is 342 g/mol. The van der Waals surface area contributed by atoms with E-state index in [0.29, 0.717) is 12.8 Å². The van der Waals surface area contributed by atoms with Gasteiger partial charge in [-0.25, -0.2) is 0 Å². The average molecular weight is 363 g/mol. The van der Waals surface area contributed by atoms with Crippen molar-refractivity contribution in [2.24, 2.45) is 5.92 Å². The van der Waals surface area contributed by atoms with E-state index < -0.39 is 0 Å². The van der Waals surface area contributed by atoms with Crippen LogP contribution in [0.25, 0.3) is 0 Å². The van der Waals surface area contributed by atoms with E-state index in [1.54, 1.807) is 0 Å². The first-order chi connectivity index (χ1) is 13.0. The number of anilines is 2. The van der Waals surface area contributed by atoms with Crippen molar-refractivity contribution in [1.29, 1.82) is 0 Å². The summed E-state index contributed by atoms with van der Waals surface area (Å²) in [6.45, 7) is 1.90. The Labute approximate surface area is 157 Å². The van der Waals surface area contributed by atoms with Crippen molar-refractivity contribution in [3.63, 3.8) is 0 Å². The lowest BCUT2D eigenvalue weighted by Gasteiger charge is -2.25. The van der Waals surface area contributed by atoms with Crippen LogP contribution in [0.5, 0.6) is 0 Å². The lowest BCUT2D eigenvalue weighted by Crippen LogP contribution is -2.35. The minimum atomic E-state index is -0.367. The summed E-state index contributed by atoms with van der Waals surface area (Å²) in [7, 11) is 0. The van der Waals surface area contributed by atoms with Crippen LogP contribution in [-0.2, 0) is 27.2 Å². The van der Waals surface area contributed by atoms with Gasteiger partial charge in [0, 0.05) is 17.8 Å². The molecular formula is C21H21N3O3. The molecule has 0 bridgehead atoms. The monoisotopic (exact) mass is 363 g/mol. The maximum Gasteiger partial charge on any atom is 0.228 e. The van der Waals surface area contributed by atoms with Crippen LogP contribution in [0.4, 0.5) is 11.4 Å². The van der Waals surface area contributed by atoms with Gasteiger partial charge in [0.15, 0.2) is 0 Å². The Bertz CT molecular complexity index is 938. The summed E-state index contributed by atoms with van der Waals surface area (Å²) >= 11 is 0. The van der Waals surface area contributed by atoms with Crippen molar-refractivity contribution in [3.05, 3.63) is 59.2 Å². The molecule has 2 aliphatic heterocycles. The predicted molar refractivity (Wildman–Crippen MR) is 102 cm³/mol. The standard InChI is InChI=1S/C21H21N3O3/c1-12(13-6-7-18-15(8-13)10-20(26)23-18)22-19(25)11-16-9-14-4-2-3-5-17(14)24-21(16)27/h2-8,12,16H,9-11H2,1H3,(H,22,25)(H,23,26)(H,24,27). The zero-order valence-electron chi connectivity index (χ0n) is 15.0. The molecule has 0 radical (unpaired) electrons. The molecule has 2 aromatic carbocycles. The maximum absolute atomic E-state index is 12.5. The topological polar surface area (TPSA) is 87.3 Å². The van der Waals surface area contributed by atoms with Crippen LogP contribution >= 0.6 is 0 Å². The van der Waals surface area contributed by atoms with Crippen molar-refractivity contribution in [3.8, 4) is 0 Å². The van der Waals surface area contributed by atoms with Gasteiger partial charge in [-0.3, -0.25) is 14.4 Å². The fourth-order valence-electron chi connectivity index (χ4n) is 3.70. The van der Waals surface area contributed by atoms with E-state index in [1.165, 1.54) is 0 Å². The van der Waals surface area contributed by atoms with E-state index in [-0.39, 0.29) is 36.1 Å². The molecule has 0 spiro atoms. The van der Waals surface area contributed by atoms with E-state index >= 15 is 0 Å². The van der Waals surface area contributed by atoms with Crippen LogP contribution in [0.15, 0.2) is 42.5 Å². The van der Waals surface area contributed by atoms with E-state index in [0.717, 1.165) is 28.1 Å². The molecule has 2 heterocycles. The summed E-state index contributed by atoms with van der Waals surface area (Å²) < 4.78 is 0. The van der Waals surface area contributed by atoms with Gasteiger partial charge >= 0.3 is 0 Å². The molecule has 2 unspecified atom stereocenters. The summed E-state index contributed by atoms with van der Waals surface area (Å²) in [6.07, 6.45) is 1.08. The highest BCUT2D eigenvalue weighted by molar-refractivity contribution is 5.99. The molecule has 3 amide bonds. The van der Waals surface area contributed by atoms with Gasteiger partial charge in [-0.05, 0) is 42.2 Å². The Morgan fingerprint density at radius 1 is 1.11 bits per heavy atom. The second-order valence-electron chi connectivity index (χ2n) is 7.18. The second-order valence-corrected chi connectivity index (χ2v) is 7.18. The van der Waals surface area contributed by atoms with E-state index in [4.69, 9.17) is 0 Å². The van der Waals surface area contributed by atoms with Gasteiger partial charge in [0.1, 0.15) is 0 Å². The molecule has 4 rings (SSSR count). The number of nitrogens with one attached hydrogen (secondary N) is 3. The lowest BCUT2D eigenvalue weighted by atomic mass is 9.90. The highest BCUT2D eigenvalue weighted by Crippen LogP contribution is 2.28. The molecule has 138 valence electrons. The molecule has 0 saturated heterocycles. The van der Waals surface area contributed by atoms with Gasteiger partial charge in [0.2, 0.25) is 17.7 Å². The Hall–Kier alpha value is -3.15. The summed E-state index contributed by atoms with van der Waals surface area (Å²) in [5, 5.41) is 8.64. The van der Waals surface area contributed by atoms with Gasteiger partial charge in [-0.2, -0.15) is 0 Å². The molecule has 0 aliphatic carbocycles. The summed E-state index contributed by atoms with van der Waals surface area (Å²) in [5.41, 5.74) is 4.60. The quantitative estimate of drug-likeness (QED) is 0.780. The number of amides is 3. The first kappa shape index (κ1) is 17.3. The number of carbonyl (C=O) groups is 3. The summed E-state index contributed by atoms with van der Waals surface area (Å²) in [5.74, 6) is -0.647. The molecule has 0 aromatic heterocycles. The Morgan fingerprint density at radius 2 is 1.89 bits per heavy atom. The van der Waals surface area contributed by atoms with Crippen LogP contribution < -0.4 is 16.0 Å². The number of hydrogen-bond donors (Lipinski definition) is 3. The normalized spacial score (nSPS) is 18.8. The Kier molecular flexibility index (Phi) is 4.39. The summed E-state index contributed by atoms with van der Waals surface area (Å²) in [6, 6.07) is 13.2. The molecule has 3 N–H and O–H groups in total. The van der Waals surface area contributed by atoms with Crippen molar-refractivity contribution in [2.45, 2.75) is 32.2 Å². The van der Waals surface area contributed by atoms with Crippen LogP contribution in [0.1, 0.15) is 36.1 Å².